The second-order valence-corrected chi connectivity index (χ2v) is 5.67. The summed E-state index contributed by atoms with van der Waals surface area (Å²) in [5, 5.41) is 7.94. The molecule has 0 spiro atoms. The standard InChI is InChI=1S/C16H17FN4O3/c1-10-14(15(22)20-8-7-11(9-20)16(23)24-2)18-19-21(10)13-5-3-12(17)4-6-13/h3-6,11H,7-9H2,1-2H3. The average molecular weight is 332 g/mol. The zero-order chi connectivity index (χ0) is 17.3. The van der Waals surface area contributed by atoms with Gasteiger partial charge in [0.25, 0.3) is 5.91 Å². The number of hydrogen-bond donors (Lipinski definition) is 0. The van der Waals surface area contributed by atoms with E-state index in [1.807, 2.05) is 0 Å². The van der Waals surface area contributed by atoms with Gasteiger partial charge in [0.05, 0.1) is 24.4 Å². The van der Waals surface area contributed by atoms with Gasteiger partial charge in [0, 0.05) is 13.1 Å². The molecule has 2 aromatic rings. The summed E-state index contributed by atoms with van der Waals surface area (Å²) in [4.78, 5) is 25.8. The Morgan fingerprint density at radius 3 is 2.67 bits per heavy atom. The lowest BCUT2D eigenvalue weighted by atomic mass is 10.1. The Balaban J connectivity index is 1.80. The van der Waals surface area contributed by atoms with Crippen LogP contribution in [0.15, 0.2) is 24.3 Å². The molecule has 0 saturated carbocycles. The van der Waals surface area contributed by atoms with E-state index in [4.69, 9.17) is 4.74 Å². The molecular weight excluding hydrogens is 315 g/mol. The molecule has 0 radical (unpaired) electrons. The minimum Gasteiger partial charge on any atom is -0.469 e. The summed E-state index contributed by atoms with van der Waals surface area (Å²) in [7, 11) is 1.34. The first-order chi connectivity index (χ1) is 11.5. The first-order valence-corrected chi connectivity index (χ1v) is 7.56. The zero-order valence-corrected chi connectivity index (χ0v) is 13.4. The Labute approximate surface area is 138 Å². The van der Waals surface area contributed by atoms with Crippen LogP contribution >= 0.6 is 0 Å². The normalized spacial score (nSPS) is 17.1. The predicted molar refractivity (Wildman–Crippen MR) is 82.1 cm³/mol. The van der Waals surface area contributed by atoms with Crippen LogP contribution in [0.1, 0.15) is 22.6 Å². The van der Waals surface area contributed by atoms with Crippen molar-refractivity contribution < 1.29 is 18.7 Å². The smallest absolute Gasteiger partial charge is 0.310 e. The highest BCUT2D eigenvalue weighted by Crippen LogP contribution is 2.21. The Bertz CT molecular complexity index is 772. The first kappa shape index (κ1) is 16.1. The highest BCUT2D eigenvalue weighted by atomic mass is 19.1. The summed E-state index contributed by atoms with van der Waals surface area (Å²) < 4.78 is 19.2. The summed E-state index contributed by atoms with van der Waals surface area (Å²) in [5.41, 5.74) is 1.41. The summed E-state index contributed by atoms with van der Waals surface area (Å²) in [6.07, 6.45) is 0.573. The van der Waals surface area contributed by atoms with E-state index < -0.39 is 0 Å². The van der Waals surface area contributed by atoms with E-state index >= 15 is 0 Å². The van der Waals surface area contributed by atoms with Crippen LogP contribution in [0.5, 0.6) is 0 Å². The molecule has 1 aliphatic heterocycles. The van der Waals surface area contributed by atoms with Crippen molar-refractivity contribution in [2.75, 3.05) is 20.2 Å². The van der Waals surface area contributed by atoms with Crippen LogP contribution in [0.2, 0.25) is 0 Å². The Kier molecular flexibility index (Phi) is 4.28. The fourth-order valence-electron chi connectivity index (χ4n) is 2.81. The Morgan fingerprint density at radius 1 is 1.29 bits per heavy atom. The molecule has 8 heteroatoms. The van der Waals surface area contributed by atoms with Gasteiger partial charge in [-0.3, -0.25) is 9.59 Å². The van der Waals surface area contributed by atoms with E-state index in [0.29, 0.717) is 30.9 Å². The summed E-state index contributed by atoms with van der Waals surface area (Å²) in [6, 6.07) is 5.77. The SMILES string of the molecule is COC(=O)C1CCN(C(=O)c2nnn(-c3ccc(F)cc3)c2C)C1. The topological polar surface area (TPSA) is 77.3 Å². The van der Waals surface area contributed by atoms with Crippen molar-refractivity contribution in [3.63, 3.8) is 0 Å². The average Bonchev–Trinajstić information content (AvgIpc) is 3.22. The second-order valence-electron chi connectivity index (χ2n) is 5.67. The van der Waals surface area contributed by atoms with Gasteiger partial charge in [0.2, 0.25) is 0 Å². The van der Waals surface area contributed by atoms with Gasteiger partial charge >= 0.3 is 5.97 Å². The molecule has 3 rings (SSSR count). The van der Waals surface area contributed by atoms with Crippen LogP contribution in [0.4, 0.5) is 4.39 Å². The minimum absolute atomic E-state index is 0.227. The highest BCUT2D eigenvalue weighted by molar-refractivity contribution is 5.94. The number of ether oxygens (including phenoxy) is 1. The highest BCUT2D eigenvalue weighted by Gasteiger charge is 2.34. The number of nitrogens with zero attached hydrogens (tertiary/aromatic N) is 4. The van der Waals surface area contributed by atoms with E-state index in [9.17, 15) is 14.0 Å². The molecule has 0 aliphatic carbocycles. The molecule has 1 fully saturated rings. The number of carbonyl (C=O) groups excluding carboxylic acids is 2. The number of carbonyl (C=O) groups is 2. The van der Waals surface area contributed by atoms with E-state index in [0.717, 1.165) is 0 Å². The number of esters is 1. The van der Waals surface area contributed by atoms with Gasteiger partial charge in [-0.05, 0) is 37.6 Å². The van der Waals surface area contributed by atoms with Gasteiger partial charge in [-0.15, -0.1) is 5.10 Å². The number of hydrogen-bond acceptors (Lipinski definition) is 5. The lowest BCUT2D eigenvalue weighted by molar-refractivity contribution is -0.144. The molecular formula is C16H17FN4O3. The fraction of sp³-hybridized carbons (Fsp3) is 0.375. The monoisotopic (exact) mass is 332 g/mol. The van der Waals surface area contributed by atoms with E-state index in [2.05, 4.69) is 10.3 Å². The van der Waals surface area contributed by atoms with E-state index in [1.54, 1.807) is 24.0 Å². The van der Waals surface area contributed by atoms with Crippen LogP contribution in [0.25, 0.3) is 5.69 Å². The number of rotatable bonds is 3. The van der Waals surface area contributed by atoms with Gasteiger partial charge in [0.1, 0.15) is 5.82 Å². The van der Waals surface area contributed by atoms with Gasteiger partial charge in [-0.25, -0.2) is 9.07 Å². The second kappa shape index (κ2) is 6.38. The maximum atomic E-state index is 13.0. The van der Waals surface area contributed by atoms with Crippen molar-refractivity contribution in [1.82, 2.24) is 19.9 Å². The summed E-state index contributed by atoms with van der Waals surface area (Å²) >= 11 is 0. The van der Waals surface area contributed by atoms with Crippen LogP contribution in [0.3, 0.4) is 0 Å². The summed E-state index contributed by atoms with van der Waals surface area (Å²) in [6.45, 7) is 2.51. The number of methoxy groups -OCH3 is 1. The number of likely N-dealkylation sites (tertiary alicyclic amines) is 1. The minimum atomic E-state index is -0.348. The lowest BCUT2D eigenvalue weighted by Gasteiger charge is -2.14. The predicted octanol–water partition coefficient (Wildman–Crippen LogP) is 1.35. The molecule has 7 nitrogen and oxygen atoms in total. The number of benzene rings is 1. The maximum absolute atomic E-state index is 13.0. The van der Waals surface area contributed by atoms with Gasteiger partial charge < -0.3 is 9.64 Å². The molecule has 24 heavy (non-hydrogen) atoms. The molecule has 1 aromatic heterocycles. The van der Waals surface area contributed by atoms with Crippen LogP contribution in [-0.4, -0.2) is 52.0 Å². The number of amides is 1. The third-order valence-corrected chi connectivity index (χ3v) is 4.18. The van der Waals surface area contributed by atoms with Crippen molar-refractivity contribution in [2.45, 2.75) is 13.3 Å². The molecule has 0 N–H and O–H groups in total. The molecule has 1 unspecified atom stereocenters. The van der Waals surface area contributed by atoms with Crippen molar-refractivity contribution in [2.24, 2.45) is 5.92 Å². The number of aromatic nitrogens is 3. The molecule has 1 aromatic carbocycles. The van der Waals surface area contributed by atoms with Crippen LogP contribution in [0, 0.1) is 18.7 Å². The van der Waals surface area contributed by atoms with Gasteiger partial charge in [-0.2, -0.15) is 0 Å². The summed E-state index contributed by atoms with van der Waals surface area (Å²) in [5.74, 6) is -1.23. The quantitative estimate of drug-likeness (QED) is 0.793. The van der Waals surface area contributed by atoms with Crippen molar-refractivity contribution >= 4 is 11.9 Å². The Morgan fingerprint density at radius 2 is 2.00 bits per heavy atom. The lowest BCUT2D eigenvalue weighted by Crippen LogP contribution is -2.31. The molecule has 1 amide bonds. The Hall–Kier alpha value is -2.77. The fourth-order valence-corrected chi connectivity index (χ4v) is 2.81. The van der Waals surface area contributed by atoms with Crippen LogP contribution in [-0.2, 0) is 9.53 Å². The molecule has 1 atom stereocenters. The first-order valence-electron chi connectivity index (χ1n) is 7.56. The van der Waals surface area contributed by atoms with Gasteiger partial charge in [0.15, 0.2) is 5.69 Å². The molecule has 1 aliphatic rings. The number of halogens is 1. The third-order valence-electron chi connectivity index (χ3n) is 4.18. The van der Waals surface area contributed by atoms with Crippen LogP contribution < -0.4 is 0 Å². The largest absolute Gasteiger partial charge is 0.469 e. The van der Waals surface area contributed by atoms with E-state index in [1.165, 1.54) is 23.9 Å². The van der Waals surface area contributed by atoms with Crippen molar-refractivity contribution in [1.29, 1.82) is 0 Å². The molecule has 0 bridgehead atoms. The zero-order valence-electron chi connectivity index (χ0n) is 13.4. The maximum Gasteiger partial charge on any atom is 0.310 e. The molecule has 1 saturated heterocycles. The van der Waals surface area contributed by atoms with Crippen molar-refractivity contribution in [3.8, 4) is 5.69 Å². The molecule has 2 heterocycles. The molecule has 126 valence electrons. The third kappa shape index (κ3) is 2.86. The van der Waals surface area contributed by atoms with Crippen molar-refractivity contribution in [3.05, 3.63) is 41.5 Å². The van der Waals surface area contributed by atoms with E-state index in [-0.39, 0.29) is 29.3 Å². The van der Waals surface area contributed by atoms with Gasteiger partial charge in [-0.1, -0.05) is 5.21 Å².